The smallest absolute Gasteiger partial charge is 0.290 e. The molecule has 0 saturated heterocycles. The van der Waals surface area contributed by atoms with Gasteiger partial charge in [-0.15, -0.1) is 0 Å². The minimum absolute atomic E-state index is 0.0115. The number of amides is 2. The Morgan fingerprint density at radius 2 is 1.85 bits per heavy atom. The molecule has 2 aromatic rings. The van der Waals surface area contributed by atoms with E-state index in [0.717, 1.165) is 9.13 Å². The Morgan fingerprint density at radius 1 is 1.10 bits per heavy atom. The van der Waals surface area contributed by atoms with Crippen LogP contribution in [0.3, 0.4) is 0 Å². The number of carbonyl (C=O) groups excluding carboxylic acids is 3. The number of benzene rings is 2. The van der Waals surface area contributed by atoms with Crippen molar-refractivity contribution in [1.29, 1.82) is 0 Å². The van der Waals surface area contributed by atoms with Crippen molar-refractivity contribution in [3.05, 3.63) is 63.2 Å². The molecule has 3 rings (SSSR count). The van der Waals surface area contributed by atoms with Gasteiger partial charge in [0, 0.05) is 31.5 Å². The molecule has 40 heavy (non-hydrogen) atoms. The summed E-state index contributed by atoms with van der Waals surface area (Å²) in [4.78, 5) is 40.3. The summed E-state index contributed by atoms with van der Waals surface area (Å²) in [5, 5.41) is 23.3. The predicted octanol–water partition coefficient (Wildman–Crippen LogP) is 2.27. The summed E-state index contributed by atoms with van der Waals surface area (Å²) in [6, 6.07) is 11.6. The molecule has 0 aromatic heterocycles. The number of methoxy groups -OCH3 is 2. The van der Waals surface area contributed by atoms with Crippen molar-refractivity contribution in [3.63, 3.8) is 0 Å². The van der Waals surface area contributed by atoms with Gasteiger partial charge in [0.2, 0.25) is 11.7 Å². The first kappa shape index (κ1) is 31.4. The van der Waals surface area contributed by atoms with Gasteiger partial charge >= 0.3 is 0 Å². The molecule has 0 heterocycles. The average molecular weight is 667 g/mol. The van der Waals surface area contributed by atoms with Gasteiger partial charge in [0.25, 0.3) is 5.91 Å². The Morgan fingerprint density at radius 3 is 2.50 bits per heavy atom. The van der Waals surface area contributed by atoms with E-state index >= 15 is 0 Å². The van der Waals surface area contributed by atoms with Crippen molar-refractivity contribution in [2.24, 2.45) is 0 Å². The quantitative estimate of drug-likeness (QED) is 0.219. The molecule has 0 radical (unpaired) electrons. The highest BCUT2D eigenvalue weighted by Crippen LogP contribution is 2.31. The van der Waals surface area contributed by atoms with Crippen LogP contribution in [-0.4, -0.2) is 84.9 Å². The molecule has 0 saturated carbocycles. The molecule has 11 heteroatoms. The summed E-state index contributed by atoms with van der Waals surface area (Å²) >= 11 is 2.11. The molecule has 216 valence electrons. The number of Topliss-reactive ketones (excluding diaryl/α,β-unsaturated/α-hetero) is 1. The summed E-state index contributed by atoms with van der Waals surface area (Å²) < 4.78 is 17.7. The predicted molar refractivity (Wildman–Crippen MR) is 156 cm³/mol. The number of halogens is 1. The zero-order valence-corrected chi connectivity index (χ0v) is 24.9. The van der Waals surface area contributed by atoms with E-state index in [2.05, 4.69) is 27.9 Å². The second kappa shape index (κ2) is 15.0. The Labute approximate surface area is 247 Å². The van der Waals surface area contributed by atoms with Crippen molar-refractivity contribution in [2.75, 3.05) is 33.9 Å². The molecule has 0 aliphatic heterocycles. The van der Waals surface area contributed by atoms with Gasteiger partial charge in [-0.2, -0.15) is 0 Å². The van der Waals surface area contributed by atoms with Crippen molar-refractivity contribution in [2.45, 2.75) is 44.4 Å². The van der Waals surface area contributed by atoms with Crippen molar-refractivity contribution >= 4 is 40.2 Å². The molecule has 1 aliphatic rings. The second-order valence-electron chi connectivity index (χ2n) is 9.15. The van der Waals surface area contributed by atoms with Crippen LogP contribution < -0.4 is 19.5 Å². The molecular formula is C29H35IN2O8. The van der Waals surface area contributed by atoms with E-state index in [9.17, 15) is 24.6 Å². The van der Waals surface area contributed by atoms with Crippen LogP contribution in [0.15, 0.2) is 54.1 Å². The van der Waals surface area contributed by atoms with E-state index in [4.69, 9.17) is 14.2 Å². The summed E-state index contributed by atoms with van der Waals surface area (Å²) in [5.41, 5.74) is 1.03. The number of aliphatic hydroxyl groups is 2. The van der Waals surface area contributed by atoms with Crippen LogP contribution in [0.5, 0.6) is 17.2 Å². The molecular weight excluding hydrogens is 631 g/mol. The molecule has 3 atom stereocenters. The maximum atomic E-state index is 13.4. The summed E-state index contributed by atoms with van der Waals surface area (Å²) in [6.07, 6.45) is -0.421. The second-order valence-corrected chi connectivity index (χ2v) is 10.3. The number of ketones is 1. The third-order valence-electron chi connectivity index (χ3n) is 6.64. The van der Waals surface area contributed by atoms with Crippen molar-refractivity contribution in [1.82, 2.24) is 10.2 Å². The number of nitrogens with zero attached hydrogens (tertiary/aromatic N) is 1. The van der Waals surface area contributed by atoms with Gasteiger partial charge in [0.15, 0.2) is 0 Å². The van der Waals surface area contributed by atoms with Gasteiger partial charge in [-0.25, -0.2) is 0 Å². The van der Waals surface area contributed by atoms with E-state index < -0.39 is 35.8 Å². The third-order valence-corrected chi connectivity index (χ3v) is 7.54. The molecule has 0 unspecified atom stereocenters. The largest absolute Gasteiger partial charge is 0.497 e. The lowest BCUT2D eigenvalue weighted by Gasteiger charge is -2.40. The van der Waals surface area contributed by atoms with E-state index in [1.807, 2.05) is 12.1 Å². The lowest BCUT2D eigenvalue weighted by atomic mass is 9.87. The number of carbonyl (C=O) groups is 3. The van der Waals surface area contributed by atoms with Crippen LogP contribution >= 0.6 is 22.6 Å². The van der Waals surface area contributed by atoms with E-state index in [-0.39, 0.29) is 38.1 Å². The molecule has 0 bridgehead atoms. The first-order chi connectivity index (χ1) is 19.2. The third kappa shape index (κ3) is 7.73. The zero-order chi connectivity index (χ0) is 29.2. The Hall–Kier alpha value is -3.16. The highest BCUT2D eigenvalue weighted by Gasteiger charge is 2.41. The fourth-order valence-electron chi connectivity index (χ4n) is 4.51. The van der Waals surface area contributed by atoms with Gasteiger partial charge < -0.3 is 34.6 Å². The Balaban J connectivity index is 1.99. The molecule has 2 aromatic carbocycles. The lowest BCUT2D eigenvalue weighted by Crippen LogP contribution is -2.56. The number of para-hydroxylation sites is 1. The van der Waals surface area contributed by atoms with Crippen LogP contribution in [0.4, 0.5) is 0 Å². The van der Waals surface area contributed by atoms with E-state index in [1.54, 1.807) is 44.4 Å². The minimum atomic E-state index is -1.24. The molecule has 0 spiro atoms. The Bertz CT molecular complexity index is 1230. The van der Waals surface area contributed by atoms with Gasteiger partial charge in [0.1, 0.15) is 29.5 Å². The number of nitrogens with one attached hydrogen (secondary N) is 1. The standard InChI is InChI=1S/C29H35IN2O8/c1-4-23(34)29(37)32(13-11-18-15-20(38-2)9-10-24(18)39-3)22-16-19(28(36)31-12-14-33)17-26(27(22)35)40-25-8-6-5-7-21(25)30/h5-10,15,17,22,26-27,33,35H,4,11-14,16H2,1-3H3,(H,31,36)/t22-,26+,27+/m1/s1. The molecule has 3 N–H and O–H groups in total. The zero-order valence-electron chi connectivity index (χ0n) is 22.8. The van der Waals surface area contributed by atoms with Crippen LogP contribution in [-0.2, 0) is 20.8 Å². The lowest BCUT2D eigenvalue weighted by molar-refractivity contribution is -0.149. The van der Waals surface area contributed by atoms with Gasteiger partial charge in [-0.05, 0) is 71.0 Å². The first-order valence-electron chi connectivity index (χ1n) is 13.0. The maximum absolute atomic E-state index is 13.4. The molecule has 0 fully saturated rings. The average Bonchev–Trinajstić information content (AvgIpc) is 2.97. The summed E-state index contributed by atoms with van der Waals surface area (Å²) in [7, 11) is 3.08. The minimum Gasteiger partial charge on any atom is -0.497 e. The highest BCUT2D eigenvalue weighted by molar-refractivity contribution is 14.1. The van der Waals surface area contributed by atoms with Crippen molar-refractivity contribution in [3.8, 4) is 17.2 Å². The van der Waals surface area contributed by atoms with E-state index in [0.29, 0.717) is 23.7 Å². The molecule has 10 nitrogen and oxygen atoms in total. The maximum Gasteiger partial charge on any atom is 0.290 e. The summed E-state index contributed by atoms with van der Waals surface area (Å²) in [5.74, 6) is -0.122. The first-order valence-corrected chi connectivity index (χ1v) is 14.1. The van der Waals surface area contributed by atoms with Crippen LogP contribution in [0, 0.1) is 3.57 Å². The van der Waals surface area contributed by atoms with E-state index in [1.165, 1.54) is 18.1 Å². The monoisotopic (exact) mass is 666 g/mol. The fourth-order valence-corrected chi connectivity index (χ4v) is 5.03. The van der Waals surface area contributed by atoms with Crippen LogP contribution in [0.25, 0.3) is 0 Å². The van der Waals surface area contributed by atoms with Gasteiger partial charge in [-0.1, -0.05) is 19.1 Å². The number of hydrogen-bond donors (Lipinski definition) is 3. The fraction of sp³-hybridized carbons (Fsp3) is 0.414. The highest BCUT2D eigenvalue weighted by atomic mass is 127. The van der Waals surface area contributed by atoms with Gasteiger partial charge in [0.05, 0.1) is 30.4 Å². The number of hydrogen-bond acceptors (Lipinski definition) is 8. The summed E-state index contributed by atoms with van der Waals surface area (Å²) in [6.45, 7) is 1.46. The number of ether oxygens (including phenoxy) is 3. The van der Waals surface area contributed by atoms with Crippen LogP contribution in [0.1, 0.15) is 25.3 Å². The van der Waals surface area contributed by atoms with Gasteiger partial charge in [-0.3, -0.25) is 14.4 Å². The SMILES string of the molecule is CCC(=O)C(=O)N(CCc1cc(OC)ccc1OC)[C@@H]1CC(C(=O)NCCO)=C[C@H](Oc2ccccc2I)[C@H]1O. The Kier molecular flexibility index (Phi) is 11.8. The molecule has 2 amide bonds. The van der Waals surface area contributed by atoms with Crippen molar-refractivity contribution < 1.29 is 38.8 Å². The topological polar surface area (TPSA) is 135 Å². The number of aliphatic hydroxyl groups excluding tert-OH is 2. The van der Waals surface area contributed by atoms with Crippen LogP contribution in [0.2, 0.25) is 0 Å². The molecule has 1 aliphatic carbocycles. The normalized spacial score (nSPS) is 18.4. The number of rotatable bonds is 13.